The lowest BCUT2D eigenvalue weighted by Crippen LogP contribution is -2.02. The lowest BCUT2D eigenvalue weighted by Gasteiger charge is -2.16. The van der Waals surface area contributed by atoms with Crippen molar-refractivity contribution >= 4 is 38.1 Å². The van der Waals surface area contributed by atoms with Gasteiger partial charge in [0.15, 0.2) is 17.8 Å². The highest BCUT2D eigenvalue weighted by Crippen LogP contribution is 2.42. The molecule has 0 aliphatic carbocycles. The number of benzene rings is 2. The molecule has 0 amide bonds. The summed E-state index contributed by atoms with van der Waals surface area (Å²) in [6.07, 6.45) is 0.779. The van der Waals surface area contributed by atoms with E-state index in [1.807, 2.05) is 38.1 Å². The van der Waals surface area contributed by atoms with Crippen molar-refractivity contribution in [1.29, 1.82) is 0 Å². The molecule has 0 unspecified atom stereocenters. The van der Waals surface area contributed by atoms with Gasteiger partial charge in [-0.1, -0.05) is 29.8 Å². The maximum absolute atomic E-state index is 11.1. The number of hydrogen-bond donors (Lipinski definition) is 0. The van der Waals surface area contributed by atoms with Crippen LogP contribution < -0.4 is 9.47 Å². The van der Waals surface area contributed by atoms with Crippen molar-refractivity contribution < 1.29 is 14.3 Å². The third-order valence-corrected chi connectivity index (χ3v) is 5.23. The van der Waals surface area contributed by atoms with Crippen LogP contribution in [0, 0.1) is 6.92 Å². The second-order valence-electron chi connectivity index (χ2n) is 4.75. The molecule has 0 fully saturated rings. The van der Waals surface area contributed by atoms with Gasteiger partial charge < -0.3 is 9.47 Å². The van der Waals surface area contributed by atoms with Gasteiger partial charge in [-0.05, 0) is 57.3 Å². The lowest BCUT2D eigenvalue weighted by molar-refractivity contribution is 0.112. The Bertz CT molecular complexity index is 667. The molecule has 22 heavy (non-hydrogen) atoms. The zero-order chi connectivity index (χ0) is 16.1. The van der Waals surface area contributed by atoms with Crippen LogP contribution in [0.4, 0.5) is 0 Å². The number of aldehydes is 1. The van der Waals surface area contributed by atoms with Gasteiger partial charge in [0.2, 0.25) is 0 Å². The zero-order valence-electron chi connectivity index (χ0n) is 12.4. The summed E-state index contributed by atoms with van der Waals surface area (Å²) in [4.78, 5) is 11.1. The Balaban J connectivity index is 2.30. The molecule has 0 atom stereocenters. The first-order valence-electron chi connectivity index (χ1n) is 6.85. The van der Waals surface area contributed by atoms with Crippen molar-refractivity contribution in [2.75, 3.05) is 6.61 Å². The number of halogens is 2. The average molecular weight is 428 g/mol. The van der Waals surface area contributed by atoms with Gasteiger partial charge in [0.1, 0.15) is 6.61 Å². The smallest absolute Gasteiger partial charge is 0.177 e. The van der Waals surface area contributed by atoms with E-state index in [2.05, 4.69) is 31.9 Å². The Morgan fingerprint density at radius 1 is 1.09 bits per heavy atom. The van der Waals surface area contributed by atoms with E-state index in [0.717, 1.165) is 11.8 Å². The summed E-state index contributed by atoms with van der Waals surface area (Å²) in [5, 5.41) is 0. The normalized spacial score (nSPS) is 10.4. The average Bonchev–Trinajstić information content (AvgIpc) is 2.52. The number of carbonyl (C=O) groups is 1. The van der Waals surface area contributed by atoms with Gasteiger partial charge in [-0.2, -0.15) is 0 Å². The molecule has 116 valence electrons. The Labute approximate surface area is 146 Å². The molecule has 0 bridgehead atoms. The summed E-state index contributed by atoms with van der Waals surface area (Å²) in [5.74, 6) is 1.13. The van der Waals surface area contributed by atoms with Gasteiger partial charge in [0, 0.05) is 10.0 Å². The summed E-state index contributed by atoms with van der Waals surface area (Å²) < 4.78 is 12.8. The third kappa shape index (κ3) is 3.90. The van der Waals surface area contributed by atoms with Gasteiger partial charge >= 0.3 is 0 Å². The molecule has 0 heterocycles. The van der Waals surface area contributed by atoms with Gasteiger partial charge in [0.25, 0.3) is 0 Å². The van der Waals surface area contributed by atoms with Crippen LogP contribution in [0.1, 0.15) is 28.4 Å². The Morgan fingerprint density at radius 2 is 1.77 bits per heavy atom. The third-order valence-electron chi connectivity index (χ3n) is 3.09. The van der Waals surface area contributed by atoms with Gasteiger partial charge in [0.05, 0.1) is 11.1 Å². The van der Waals surface area contributed by atoms with E-state index in [0.29, 0.717) is 39.2 Å². The highest BCUT2D eigenvalue weighted by atomic mass is 79.9. The van der Waals surface area contributed by atoms with Crippen LogP contribution >= 0.6 is 31.9 Å². The van der Waals surface area contributed by atoms with Crippen molar-refractivity contribution in [3.05, 3.63) is 56.0 Å². The van der Waals surface area contributed by atoms with E-state index >= 15 is 0 Å². The summed E-state index contributed by atoms with van der Waals surface area (Å²) in [7, 11) is 0. The van der Waals surface area contributed by atoms with Crippen LogP contribution in [-0.4, -0.2) is 12.9 Å². The quantitative estimate of drug-likeness (QED) is 0.586. The van der Waals surface area contributed by atoms with Gasteiger partial charge in [-0.3, -0.25) is 4.79 Å². The molecule has 0 spiro atoms. The fraction of sp³-hybridized carbons (Fsp3) is 0.235. The van der Waals surface area contributed by atoms with Gasteiger partial charge in [-0.25, -0.2) is 0 Å². The lowest BCUT2D eigenvalue weighted by atomic mass is 10.2. The molecule has 0 aromatic heterocycles. The maximum atomic E-state index is 11.1. The molecule has 0 N–H and O–H groups in total. The molecule has 0 aliphatic heterocycles. The minimum Gasteiger partial charge on any atom is -0.490 e. The summed E-state index contributed by atoms with van der Waals surface area (Å²) in [6, 6.07) is 9.82. The van der Waals surface area contributed by atoms with E-state index in [1.54, 1.807) is 6.07 Å². The van der Waals surface area contributed by atoms with E-state index in [1.165, 1.54) is 5.56 Å². The molecular formula is C17H16Br2O3. The molecule has 2 aromatic carbocycles. The number of rotatable bonds is 6. The van der Waals surface area contributed by atoms with Crippen molar-refractivity contribution in [2.45, 2.75) is 20.5 Å². The van der Waals surface area contributed by atoms with E-state index < -0.39 is 0 Å². The predicted octanol–water partition coefficient (Wildman–Crippen LogP) is 5.31. The SMILES string of the molecule is CCOc1cc(C=O)c(Br)c(Br)c1OCc1ccc(C)cc1. The highest BCUT2D eigenvalue weighted by molar-refractivity contribution is 9.13. The zero-order valence-corrected chi connectivity index (χ0v) is 15.5. The van der Waals surface area contributed by atoms with E-state index in [-0.39, 0.29) is 0 Å². The molecule has 3 nitrogen and oxygen atoms in total. The molecule has 2 aromatic rings. The molecular weight excluding hydrogens is 412 g/mol. The van der Waals surface area contributed by atoms with Crippen molar-refractivity contribution in [3.63, 3.8) is 0 Å². The second-order valence-corrected chi connectivity index (χ2v) is 6.33. The largest absolute Gasteiger partial charge is 0.490 e. The van der Waals surface area contributed by atoms with Crippen LogP contribution in [-0.2, 0) is 6.61 Å². The number of aryl methyl sites for hydroxylation is 1. The Morgan fingerprint density at radius 3 is 2.36 bits per heavy atom. The monoisotopic (exact) mass is 426 g/mol. The number of hydrogen-bond acceptors (Lipinski definition) is 3. The summed E-state index contributed by atoms with van der Waals surface area (Å²) in [5.41, 5.74) is 2.78. The molecule has 0 saturated carbocycles. The van der Waals surface area contributed by atoms with Crippen LogP contribution in [0.25, 0.3) is 0 Å². The molecule has 0 aliphatic rings. The van der Waals surface area contributed by atoms with E-state index in [4.69, 9.17) is 9.47 Å². The summed E-state index contributed by atoms with van der Waals surface area (Å²) in [6.45, 7) is 4.85. The number of carbonyl (C=O) groups excluding carboxylic acids is 1. The second kappa shape index (κ2) is 7.79. The minimum absolute atomic E-state index is 0.422. The van der Waals surface area contributed by atoms with E-state index in [9.17, 15) is 4.79 Å². The van der Waals surface area contributed by atoms with Crippen LogP contribution in [0.2, 0.25) is 0 Å². The van der Waals surface area contributed by atoms with Gasteiger partial charge in [-0.15, -0.1) is 0 Å². The fourth-order valence-corrected chi connectivity index (χ4v) is 2.85. The standard InChI is InChI=1S/C17H16Br2O3/c1-3-21-14-8-13(9-20)15(18)16(19)17(14)22-10-12-6-4-11(2)5-7-12/h4-9H,3,10H2,1-2H3. The van der Waals surface area contributed by atoms with Crippen molar-refractivity contribution in [2.24, 2.45) is 0 Å². The summed E-state index contributed by atoms with van der Waals surface area (Å²) >= 11 is 6.87. The van der Waals surface area contributed by atoms with Crippen LogP contribution in [0.3, 0.4) is 0 Å². The fourth-order valence-electron chi connectivity index (χ4n) is 1.93. The first-order chi connectivity index (χ1) is 10.6. The minimum atomic E-state index is 0.422. The first kappa shape index (κ1) is 17.0. The van der Waals surface area contributed by atoms with Crippen LogP contribution in [0.5, 0.6) is 11.5 Å². The first-order valence-corrected chi connectivity index (χ1v) is 8.43. The Hall–Kier alpha value is -1.33. The maximum Gasteiger partial charge on any atom is 0.177 e. The highest BCUT2D eigenvalue weighted by Gasteiger charge is 2.17. The van der Waals surface area contributed by atoms with Crippen molar-refractivity contribution in [1.82, 2.24) is 0 Å². The molecule has 0 saturated heterocycles. The number of ether oxygens (including phenoxy) is 2. The molecule has 5 heteroatoms. The van der Waals surface area contributed by atoms with Crippen LogP contribution in [0.15, 0.2) is 39.3 Å². The Kier molecular flexibility index (Phi) is 6.03. The topological polar surface area (TPSA) is 35.5 Å². The van der Waals surface area contributed by atoms with Crippen molar-refractivity contribution in [3.8, 4) is 11.5 Å². The molecule has 0 radical (unpaired) electrons. The molecule has 2 rings (SSSR count). The predicted molar refractivity (Wildman–Crippen MR) is 93.9 cm³/mol.